The van der Waals surface area contributed by atoms with E-state index in [1.807, 2.05) is 35.0 Å². The molecule has 3 rings (SSSR count). The van der Waals surface area contributed by atoms with E-state index in [0.717, 1.165) is 9.75 Å². The van der Waals surface area contributed by atoms with Crippen LogP contribution >= 0.6 is 22.7 Å². The summed E-state index contributed by atoms with van der Waals surface area (Å²) in [5, 5.41) is 3.72. The maximum absolute atomic E-state index is 13.3. The monoisotopic (exact) mass is 280 g/mol. The minimum atomic E-state index is -1.17. The van der Waals surface area contributed by atoms with Gasteiger partial charge in [0.25, 0.3) is 11.9 Å². The van der Waals surface area contributed by atoms with Gasteiger partial charge in [-0.2, -0.15) is 8.78 Å². The molecule has 0 aliphatic heterocycles. The third-order valence-electron chi connectivity index (χ3n) is 2.32. The van der Waals surface area contributed by atoms with Crippen LogP contribution in [0.25, 0.3) is 21.1 Å². The molecule has 0 saturated heterocycles. The van der Waals surface area contributed by atoms with E-state index in [1.54, 1.807) is 0 Å². The average Bonchev–Trinajstić information content (AvgIpc) is 3.02. The van der Waals surface area contributed by atoms with Gasteiger partial charge in [0.1, 0.15) is 11.4 Å². The molecule has 2 nitrogen and oxygen atoms in total. The summed E-state index contributed by atoms with van der Waals surface area (Å²) in [6.45, 7) is 0. The highest BCUT2D eigenvalue weighted by atomic mass is 32.1. The van der Waals surface area contributed by atoms with E-state index < -0.39 is 11.9 Å². The summed E-state index contributed by atoms with van der Waals surface area (Å²) in [7, 11) is 0. The van der Waals surface area contributed by atoms with Crippen LogP contribution in [0, 0.1) is 11.9 Å². The smallest absolute Gasteiger partial charge is 0.212 e. The van der Waals surface area contributed by atoms with Crippen molar-refractivity contribution < 1.29 is 8.78 Å². The van der Waals surface area contributed by atoms with Gasteiger partial charge in [0.05, 0.1) is 9.75 Å². The first-order valence-corrected chi connectivity index (χ1v) is 6.82. The van der Waals surface area contributed by atoms with Gasteiger partial charge in [-0.3, -0.25) is 0 Å². The molecule has 0 radical (unpaired) electrons. The van der Waals surface area contributed by atoms with E-state index >= 15 is 0 Å². The summed E-state index contributed by atoms with van der Waals surface area (Å²) in [5.74, 6) is -2.34. The summed E-state index contributed by atoms with van der Waals surface area (Å²) >= 11 is 2.83. The largest absolute Gasteiger partial charge is 0.269 e. The molecule has 0 aliphatic carbocycles. The van der Waals surface area contributed by atoms with Crippen molar-refractivity contribution in [3.05, 3.63) is 46.9 Å². The number of thiophene rings is 2. The fourth-order valence-corrected chi connectivity index (χ4v) is 2.99. The van der Waals surface area contributed by atoms with Crippen molar-refractivity contribution in [3.8, 4) is 21.1 Å². The maximum Gasteiger partial charge on any atom is 0.269 e. The molecule has 90 valence electrons. The molecule has 3 heterocycles. The summed E-state index contributed by atoms with van der Waals surface area (Å²) in [5.41, 5.74) is 0.762. The lowest BCUT2D eigenvalue weighted by Gasteiger charge is -2.04. The van der Waals surface area contributed by atoms with E-state index in [2.05, 4.69) is 9.97 Å². The third kappa shape index (κ3) is 1.93. The Morgan fingerprint density at radius 3 is 1.56 bits per heavy atom. The second-order valence-corrected chi connectivity index (χ2v) is 5.35. The SMILES string of the molecule is Fc1nc(-c2cccs2)c(-c2cccs2)nc1F. The molecule has 0 aromatic carbocycles. The lowest BCUT2D eigenvalue weighted by Crippen LogP contribution is -1.99. The molecule has 0 fully saturated rings. The number of rotatable bonds is 2. The van der Waals surface area contributed by atoms with E-state index in [0.29, 0.717) is 11.4 Å². The summed E-state index contributed by atoms with van der Waals surface area (Å²) in [6, 6.07) is 7.29. The van der Waals surface area contributed by atoms with Gasteiger partial charge < -0.3 is 0 Å². The highest BCUT2D eigenvalue weighted by Gasteiger charge is 2.17. The lowest BCUT2D eigenvalue weighted by atomic mass is 10.2. The molecule has 3 aromatic heterocycles. The zero-order valence-electron chi connectivity index (χ0n) is 8.93. The minimum Gasteiger partial charge on any atom is -0.212 e. The Balaban J connectivity index is 2.26. The van der Waals surface area contributed by atoms with Crippen molar-refractivity contribution in [2.45, 2.75) is 0 Å². The van der Waals surface area contributed by atoms with Crippen molar-refractivity contribution >= 4 is 22.7 Å². The average molecular weight is 280 g/mol. The standard InChI is InChI=1S/C12H6F2N2S2/c13-11-12(14)16-10(8-4-2-6-18-8)9(15-11)7-3-1-5-17-7/h1-6H. The van der Waals surface area contributed by atoms with Crippen LogP contribution in [0.4, 0.5) is 8.78 Å². The Kier molecular flexibility index (Phi) is 2.89. The van der Waals surface area contributed by atoms with Gasteiger partial charge in [-0.15, -0.1) is 22.7 Å². The summed E-state index contributed by atoms with van der Waals surface area (Å²) in [4.78, 5) is 8.90. The Bertz CT molecular complexity index is 604. The van der Waals surface area contributed by atoms with Crippen LogP contribution in [0.3, 0.4) is 0 Å². The fraction of sp³-hybridized carbons (Fsp3) is 0. The fourth-order valence-electron chi connectivity index (χ4n) is 1.56. The summed E-state index contributed by atoms with van der Waals surface area (Å²) < 4.78 is 26.5. The molecule has 0 bridgehead atoms. The first-order valence-electron chi connectivity index (χ1n) is 5.06. The molecule has 0 N–H and O–H groups in total. The van der Waals surface area contributed by atoms with E-state index in [4.69, 9.17) is 0 Å². The Morgan fingerprint density at radius 1 is 0.778 bits per heavy atom. The molecule has 0 aliphatic rings. The van der Waals surface area contributed by atoms with Crippen molar-refractivity contribution in [3.63, 3.8) is 0 Å². The molecule has 0 atom stereocenters. The second kappa shape index (κ2) is 4.55. The predicted molar refractivity (Wildman–Crippen MR) is 68.6 cm³/mol. The number of nitrogens with zero attached hydrogens (tertiary/aromatic N) is 2. The van der Waals surface area contributed by atoms with Gasteiger partial charge in [0.15, 0.2) is 0 Å². The van der Waals surface area contributed by atoms with Gasteiger partial charge in [-0.05, 0) is 22.9 Å². The summed E-state index contributed by atoms with van der Waals surface area (Å²) in [6.07, 6.45) is 0. The Hall–Kier alpha value is -1.66. The molecule has 0 saturated carbocycles. The minimum absolute atomic E-state index is 0.381. The zero-order chi connectivity index (χ0) is 12.5. The highest BCUT2D eigenvalue weighted by Crippen LogP contribution is 2.34. The van der Waals surface area contributed by atoms with Crippen LogP contribution in [0.1, 0.15) is 0 Å². The first-order chi connectivity index (χ1) is 8.75. The Labute approximate surface area is 110 Å². The molecule has 0 unspecified atom stereocenters. The maximum atomic E-state index is 13.3. The van der Waals surface area contributed by atoms with Crippen molar-refractivity contribution in [1.82, 2.24) is 9.97 Å². The van der Waals surface area contributed by atoms with Gasteiger partial charge in [-0.1, -0.05) is 12.1 Å². The normalized spacial score (nSPS) is 10.8. The quantitative estimate of drug-likeness (QED) is 0.702. The van der Waals surface area contributed by atoms with Crippen LogP contribution in [-0.4, -0.2) is 9.97 Å². The molecule has 0 spiro atoms. The number of halogens is 2. The van der Waals surface area contributed by atoms with Crippen LogP contribution in [0.15, 0.2) is 35.0 Å². The third-order valence-corrected chi connectivity index (χ3v) is 4.08. The molecule has 3 aromatic rings. The van der Waals surface area contributed by atoms with Gasteiger partial charge >= 0.3 is 0 Å². The van der Waals surface area contributed by atoms with Crippen molar-refractivity contribution in [2.75, 3.05) is 0 Å². The van der Waals surface area contributed by atoms with Gasteiger partial charge in [-0.25, -0.2) is 9.97 Å². The number of aromatic nitrogens is 2. The molecular formula is C12H6F2N2S2. The van der Waals surface area contributed by atoms with Crippen LogP contribution in [-0.2, 0) is 0 Å². The van der Waals surface area contributed by atoms with Crippen molar-refractivity contribution in [1.29, 1.82) is 0 Å². The van der Waals surface area contributed by atoms with Crippen LogP contribution in [0.2, 0.25) is 0 Å². The van der Waals surface area contributed by atoms with E-state index in [1.165, 1.54) is 22.7 Å². The predicted octanol–water partition coefficient (Wildman–Crippen LogP) is 4.21. The van der Waals surface area contributed by atoms with Crippen LogP contribution in [0.5, 0.6) is 0 Å². The molecule has 6 heteroatoms. The highest BCUT2D eigenvalue weighted by molar-refractivity contribution is 7.14. The zero-order valence-corrected chi connectivity index (χ0v) is 10.6. The lowest BCUT2D eigenvalue weighted by molar-refractivity contribution is 0.455. The van der Waals surface area contributed by atoms with Crippen molar-refractivity contribution in [2.24, 2.45) is 0 Å². The number of hydrogen-bond acceptors (Lipinski definition) is 4. The molecular weight excluding hydrogens is 274 g/mol. The van der Waals surface area contributed by atoms with E-state index in [9.17, 15) is 8.78 Å². The van der Waals surface area contributed by atoms with E-state index in [-0.39, 0.29) is 0 Å². The second-order valence-electron chi connectivity index (χ2n) is 3.46. The molecule has 0 amide bonds. The number of hydrogen-bond donors (Lipinski definition) is 0. The van der Waals surface area contributed by atoms with Gasteiger partial charge in [0, 0.05) is 0 Å². The Morgan fingerprint density at radius 2 is 1.22 bits per heavy atom. The van der Waals surface area contributed by atoms with Crippen LogP contribution < -0.4 is 0 Å². The molecule has 18 heavy (non-hydrogen) atoms. The topological polar surface area (TPSA) is 25.8 Å². The first kappa shape index (κ1) is 11.4. The van der Waals surface area contributed by atoms with Gasteiger partial charge in [0.2, 0.25) is 0 Å².